The average Bonchev–Trinajstić information content (AvgIpc) is 2.26. The minimum atomic E-state index is -1.62. The van der Waals surface area contributed by atoms with Gasteiger partial charge in [-0.15, -0.1) is 0 Å². The molecule has 0 saturated heterocycles. The molecule has 0 amide bonds. The molecular weight excluding hydrogens is 228 g/mol. The van der Waals surface area contributed by atoms with E-state index in [1.165, 1.54) is 18.2 Å². The standard InChI is InChI=1S/C11H8O6/c12-7-4-5-2-1-3-6(10(13)14)8(5)17-9(7)11(15)16/h1-3,9H,4H2,(H,13,14)(H,15,16). The van der Waals surface area contributed by atoms with Crippen molar-refractivity contribution in [2.24, 2.45) is 0 Å². The summed E-state index contributed by atoms with van der Waals surface area (Å²) in [6.07, 6.45) is -1.75. The van der Waals surface area contributed by atoms with E-state index in [0.29, 0.717) is 5.56 Å². The Morgan fingerprint density at radius 3 is 2.59 bits per heavy atom. The number of carbonyl (C=O) groups is 3. The normalized spacial score (nSPS) is 18.1. The highest BCUT2D eigenvalue weighted by atomic mass is 16.5. The second-order valence-corrected chi connectivity index (χ2v) is 3.58. The molecule has 1 heterocycles. The monoisotopic (exact) mass is 236 g/mol. The minimum Gasteiger partial charge on any atom is -0.478 e. The largest absolute Gasteiger partial charge is 0.478 e. The van der Waals surface area contributed by atoms with Crippen LogP contribution in [0.1, 0.15) is 15.9 Å². The van der Waals surface area contributed by atoms with Crippen molar-refractivity contribution in [3.8, 4) is 5.75 Å². The van der Waals surface area contributed by atoms with Gasteiger partial charge in [0.1, 0.15) is 11.3 Å². The summed E-state index contributed by atoms with van der Waals surface area (Å²) in [7, 11) is 0. The van der Waals surface area contributed by atoms with Gasteiger partial charge in [0.05, 0.1) is 0 Å². The summed E-state index contributed by atoms with van der Waals surface area (Å²) in [6, 6.07) is 4.33. The van der Waals surface area contributed by atoms with E-state index in [0.717, 1.165) is 0 Å². The smallest absolute Gasteiger partial charge is 0.352 e. The van der Waals surface area contributed by atoms with Gasteiger partial charge in [-0.3, -0.25) is 4.79 Å². The molecule has 17 heavy (non-hydrogen) atoms. The van der Waals surface area contributed by atoms with Crippen molar-refractivity contribution < 1.29 is 29.3 Å². The molecule has 0 aromatic heterocycles. The van der Waals surface area contributed by atoms with E-state index >= 15 is 0 Å². The molecule has 0 saturated carbocycles. The number of Topliss-reactive ketones (excluding diaryl/α,β-unsaturated/α-hetero) is 1. The van der Waals surface area contributed by atoms with Crippen LogP contribution in [-0.2, 0) is 16.0 Å². The van der Waals surface area contributed by atoms with Gasteiger partial charge >= 0.3 is 11.9 Å². The van der Waals surface area contributed by atoms with Crippen molar-refractivity contribution in [2.45, 2.75) is 12.5 Å². The van der Waals surface area contributed by atoms with E-state index in [4.69, 9.17) is 14.9 Å². The summed E-state index contributed by atoms with van der Waals surface area (Å²) in [5, 5.41) is 17.7. The van der Waals surface area contributed by atoms with Crippen LogP contribution in [0.3, 0.4) is 0 Å². The fourth-order valence-electron chi connectivity index (χ4n) is 1.68. The maximum atomic E-state index is 11.4. The molecule has 88 valence electrons. The number of hydrogen-bond acceptors (Lipinski definition) is 4. The molecule has 0 radical (unpaired) electrons. The molecule has 1 unspecified atom stereocenters. The number of carbonyl (C=O) groups excluding carboxylic acids is 1. The van der Waals surface area contributed by atoms with Crippen LogP contribution in [-0.4, -0.2) is 34.0 Å². The van der Waals surface area contributed by atoms with Crippen LogP contribution in [0.2, 0.25) is 0 Å². The maximum absolute atomic E-state index is 11.4. The van der Waals surface area contributed by atoms with Gasteiger partial charge in [-0.25, -0.2) is 9.59 Å². The molecule has 2 N–H and O–H groups in total. The number of para-hydroxylation sites is 1. The van der Waals surface area contributed by atoms with Gasteiger partial charge in [-0.05, 0) is 6.07 Å². The first-order valence-corrected chi connectivity index (χ1v) is 4.78. The highest BCUT2D eigenvalue weighted by molar-refractivity contribution is 6.04. The number of fused-ring (bicyclic) bond motifs is 1. The van der Waals surface area contributed by atoms with Crippen LogP contribution >= 0.6 is 0 Å². The van der Waals surface area contributed by atoms with Gasteiger partial charge in [-0.2, -0.15) is 0 Å². The number of ether oxygens (including phenoxy) is 1. The van der Waals surface area contributed by atoms with Gasteiger partial charge < -0.3 is 14.9 Å². The zero-order valence-corrected chi connectivity index (χ0v) is 8.54. The molecule has 1 aromatic carbocycles. The zero-order valence-electron chi connectivity index (χ0n) is 8.54. The van der Waals surface area contributed by atoms with Crippen molar-refractivity contribution in [1.29, 1.82) is 0 Å². The molecule has 2 rings (SSSR count). The first kappa shape index (κ1) is 11.1. The van der Waals surface area contributed by atoms with Crippen LogP contribution in [0.4, 0.5) is 0 Å². The summed E-state index contributed by atoms with van der Waals surface area (Å²) in [5.41, 5.74) is 0.258. The summed E-state index contributed by atoms with van der Waals surface area (Å²) in [6.45, 7) is 0. The number of hydrogen-bond donors (Lipinski definition) is 2. The predicted octanol–water partition coefficient (Wildman–Crippen LogP) is 0.342. The molecule has 0 fully saturated rings. The van der Waals surface area contributed by atoms with Gasteiger partial charge in [-0.1, -0.05) is 12.1 Å². The summed E-state index contributed by atoms with van der Waals surface area (Å²) >= 11 is 0. The van der Waals surface area contributed by atoms with E-state index in [1.807, 2.05) is 0 Å². The van der Waals surface area contributed by atoms with Crippen LogP contribution in [0, 0.1) is 0 Å². The third kappa shape index (κ3) is 1.84. The van der Waals surface area contributed by atoms with Crippen LogP contribution in [0.5, 0.6) is 5.75 Å². The van der Waals surface area contributed by atoms with Crippen molar-refractivity contribution in [1.82, 2.24) is 0 Å². The summed E-state index contributed by atoms with van der Waals surface area (Å²) < 4.78 is 4.97. The number of carboxylic acid groups (broad SMARTS) is 2. The third-order valence-corrected chi connectivity index (χ3v) is 2.44. The van der Waals surface area contributed by atoms with Crippen LogP contribution in [0.15, 0.2) is 18.2 Å². The van der Waals surface area contributed by atoms with E-state index in [-0.39, 0.29) is 17.7 Å². The van der Waals surface area contributed by atoms with Gasteiger partial charge in [0.25, 0.3) is 6.10 Å². The first-order valence-electron chi connectivity index (χ1n) is 4.78. The molecule has 6 heteroatoms. The number of carboxylic acids is 2. The first-order chi connectivity index (χ1) is 8.00. The quantitative estimate of drug-likeness (QED) is 0.718. The fraction of sp³-hybridized carbons (Fsp3) is 0.182. The fourth-order valence-corrected chi connectivity index (χ4v) is 1.68. The number of ketones is 1. The Bertz CT molecular complexity index is 519. The molecule has 1 aromatic rings. The Labute approximate surface area is 95.4 Å². The Morgan fingerprint density at radius 2 is 2.00 bits per heavy atom. The third-order valence-electron chi connectivity index (χ3n) is 2.44. The van der Waals surface area contributed by atoms with E-state index in [9.17, 15) is 14.4 Å². The maximum Gasteiger partial charge on any atom is 0.352 e. The molecule has 0 bridgehead atoms. The molecule has 1 aliphatic rings. The molecule has 1 atom stereocenters. The van der Waals surface area contributed by atoms with E-state index in [2.05, 4.69) is 0 Å². The number of aromatic carboxylic acids is 1. The Hall–Kier alpha value is -2.37. The van der Waals surface area contributed by atoms with Gasteiger partial charge in [0.2, 0.25) is 0 Å². The van der Waals surface area contributed by atoms with Crippen molar-refractivity contribution >= 4 is 17.7 Å². The lowest BCUT2D eigenvalue weighted by atomic mass is 9.98. The molecule has 0 aliphatic carbocycles. The van der Waals surface area contributed by atoms with E-state index < -0.39 is 23.8 Å². The van der Waals surface area contributed by atoms with Crippen molar-refractivity contribution in [3.05, 3.63) is 29.3 Å². The topological polar surface area (TPSA) is 101 Å². The number of benzene rings is 1. The Morgan fingerprint density at radius 1 is 1.29 bits per heavy atom. The second kappa shape index (κ2) is 3.89. The summed E-state index contributed by atoms with van der Waals surface area (Å²) in [4.78, 5) is 33.1. The van der Waals surface area contributed by atoms with Gasteiger partial charge in [0, 0.05) is 12.0 Å². The highest BCUT2D eigenvalue weighted by Gasteiger charge is 2.35. The van der Waals surface area contributed by atoms with Crippen LogP contribution in [0.25, 0.3) is 0 Å². The Kier molecular flexibility index (Phi) is 2.55. The van der Waals surface area contributed by atoms with Crippen molar-refractivity contribution in [2.75, 3.05) is 0 Å². The molecular formula is C11H8O6. The average molecular weight is 236 g/mol. The zero-order chi connectivity index (χ0) is 12.6. The Balaban J connectivity index is 2.50. The number of rotatable bonds is 2. The molecule has 0 spiro atoms. The number of aliphatic carboxylic acids is 1. The molecule has 6 nitrogen and oxygen atoms in total. The lowest BCUT2D eigenvalue weighted by Crippen LogP contribution is -2.40. The lowest BCUT2D eigenvalue weighted by Gasteiger charge is -2.23. The molecule has 1 aliphatic heterocycles. The lowest BCUT2D eigenvalue weighted by molar-refractivity contribution is -0.150. The predicted molar refractivity (Wildman–Crippen MR) is 54.2 cm³/mol. The SMILES string of the molecule is O=C(O)c1cccc2c1OC(C(=O)O)C(=O)C2. The van der Waals surface area contributed by atoms with E-state index in [1.54, 1.807) is 0 Å². The van der Waals surface area contributed by atoms with Gasteiger partial charge in [0.15, 0.2) is 5.78 Å². The second-order valence-electron chi connectivity index (χ2n) is 3.58. The summed E-state index contributed by atoms with van der Waals surface area (Å²) in [5.74, 6) is -3.26. The highest BCUT2D eigenvalue weighted by Crippen LogP contribution is 2.30. The minimum absolute atomic E-state index is 0.0352. The van der Waals surface area contributed by atoms with Crippen molar-refractivity contribution in [3.63, 3.8) is 0 Å². The van der Waals surface area contributed by atoms with Crippen LogP contribution < -0.4 is 4.74 Å².